The van der Waals surface area contributed by atoms with Crippen LogP contribution in [0, 0.1) is 57.2 Å². The van der Waals surface area contributed by atoms with Crippen LogP contribution in [0.2, 0.25) is 5.02 Å². The Labute approximate surface area is 158 Å². The summed E-state index contributed by atoms with van der Waals surface area (Å²) in [6, 6.07) is 11.7. The van der Waals surface area contributed by atoms with E-state index in [-0.39, 0.29) is 17.1 Å². The van der Waals surface area contributed by atoms with Crippen molar-refractivity contribution in [1.82, 2.24) is 0 Å². The maximum Gasteiger partial charge on any atom is 0.161 e. The zero-order valence-electron chi connectivity index (χ0n) is 14.6. The minimum Gasteiger partial charge on any atom is -0.299 e. The number of hydrogen-bond donors (Lipinski definition) is 0. The lowest BCUT2D eigenvalue weighted by Crippen LogP contribution is -2.50. The van der Waals surface area contributed by atoms with Crippen LogP contribution in [0.4, 0.5) is 0 Å². The van der Waals surface area contributed by atoms with Crippen LogP contribution >= 0.6 is 11.6 Å². The highest BCUT2D eigenvalue weighted by atomic mass is 35.5. The summed E-state index contributed by atoms with van der Waals surface area (Å²) in [5, 5.41) is 20.2. The predicted octanol–water partition coefficient (Wildman–Crippen LogP) is 4.87. The number of carbonyl (C=O) groups is 1. The molecule has 5 aliphatic carbocycles. The first kappa shape index (κ1) is 16.3. The van der Waals surface area contributed by atoms with Crippen molar-refractivity contribution < 1.29 is 4.79 Å². The van der Waals surface area contributed by atoms with Gasteiger partial charge in [-0.2, -0.15) is 10.5 Å². The molecule has 0 aromatic heterocycles. The second kappa shape index (κ2) is 5.34. The molecule has 0 saturated heterocycles. The molecule has 0 amide bonds. The quantitative estimate of drug-likeness (QED) is 0.768. The number of hydrogen-bond acceptors (Lipinski definition) is 3. The summed E-state index contributed by atoms with van der Waals surface area (Å²) in [6.45, 7) is 0. The standard InChI is InChI=1S/C22H21ClN2O/c23-17-3-1-2-16(7-17)18-19(22(18,11-24)12-25)20(26)21-8-13-4-14(9-21)6-15(5-13)10-21/h1-3,7,13-15,18-19H,4-6,8-10H2. The van der Waals surface area contributed by atoms with Crippen LogP contribution in [0.25, 0.3) is 0 Å². The van der Waals surface area contributed by atoms with Crippen LogP contribution in [0.1, 0.15) is 50.0 Å². The highest BCUT2D eigenvalue weighted by molar-refractivity contribution is 6.30. The minimum absolute atomic E-state index is 0.199. The monoisotopic (exact) mass is 364 g/mol. The molecule has 3 nitrogen and oxygen atoms in total. The smallest absolute Gasteiger partial charge is 0.161 e. The van der Waals surface area contributed by atoms with Gasteiger partial charge >= 0.3 is 0 Å². The van der Waals surface area contributed by atoms with E-state index in [1.54, 1.807) is 6.07 Å². The maximum atomic E-state index is 13.7. The summed E-state index contributed by atoms with van der Waals surface area (Å²) in [5.41, 5.74) is -0.639. The first-order valence-corrected chi connectivity index (χ1v) is 10.0. The van der Waals surface area contributed by atoms with E-state index in [9.17, 15) is 15.3 Å². The number of benzene rings is 1. The van der Waals surface area contributed by atoms with Crippen molar-refractivity contribution in [2.45, 2.75) is 44.4 Å². The molecule has 4 heteroatoms. The molecule has 26 heavy (non-hydrogen) atoms. The molecular formula is C22H21ClN2O. The summed E-state index contributed by atoms with van der Waals surface area (Å²) in [5.74, 6) is 1.39. The molecule has 1 aromatic carbocycles. The minimum atomic E-state index is -1.22. The topological polar surface area (TPSA) is 64.7 Å². The van der Waals surface area contributed by atoms with E-state index >= 15 is 0 Å². The van der Waals surface area contributed by atoms with Gasteiger partial charge in [-0.3, -0.25) is 4.79 Å². The van der Waals surface area contributed by atoms with Crippen molar-refractivity contribution in [2.24, 2.45) is 34.5 Å². The summed E-state index contributed by atoms with van der Waals surface area (Å²) >= 11 is 6.13. The third-order valence-corrected chi connectivity index (χ3v) is 7.86. The number of halogens is 1. The second-order valence-electron chi connectivity index (χ2n) is 9.17. The Bertz CT molecular complexity index is 828. The molecule has 1 aromatic rings. The molecule has 2 atom stereocenters. The summed E-state index contributed by atoms with van der Waals surface area (Å²) < 4.78 is 0. The zero-order valence-corrected chi connectivity index (χ0v) is 15.4. The molecule has 0 N–H and O–H groups in total. The maximum absolute atomic E-state index is 13.7. The van der Waals surface area contributed by atoms with Gasteiger partial charge in [-0.1, -0.05) is 23.7 Å². The fourth-order valence-electron chi connectivity index (χ4n) is 6.95. The van der Waals surface area contributed by atoms with Gasteiger partial charge in [-0.05, 0) is 74.0 Å². The van der Waals surface area contributed by atoms with Gasteiger partial charge in [0.2, 0.25) is 0 Å². The van der Waals surface area contributed by atoms with E-state index in [1.807, 2.05) is 18.2 Å². The SMILES string of the molecule is N#CC1(C#N)C(C(=O)C23CC4CC(CC(C4)C2)C3)C1c1cccc(Cl)c1. The number of rotatable bonds is 3. The van der Waals surface area contributed by atoms with Crippen LogP contribution in [0.15, 0.2) is 24.3 Å². The molecule has 4 bridgehead atoms. The van der Waals surface area contributed by atoms with Gasteiger partial charge in [0.15, 0.2) is 5.41 Å². The lowest BCUT2D eigenvalue weighted by molar-refractivity contribution is -0.145. The third kappa shape index (κ3) is 2.07. The molecule has 2 unspecified atom stereocenters. The van der Waals surface area contributed by atoms with E-state index in [0.717, 1.165) is 24.8 Å². The molecule has 5 aliphatic rings. The molecule has 6 rings (SSSR count). The van der Waals surface area contributed by atoms with Crippen LogP contribution in [-0.2, 0) is 4.79 Å². The van der Waals surface area contributed by atoms with E-state index in [2.05, 4.69) is 12.1 Å². The number of nitrogens with zero attached hydrogens (tertiary/aromatic N) is 2. The second-order valence-corrected chi connectivity index (χ2v) is 9.60. The van der Waals surface area contributed by atoms with Gasteiger partial charge in [0, 0.05) is 16.4 Å². The lowest BCUT2D eigenvalue weighted by Gasteiger charge is -2.56. The van der Waals surface area contributed by atoms with Crippen molar-refractivity contribution in [3.63, 3.8) is 0 Å². The number of carbonyl (C=O) groups excluding carboxylic acids is 1. The van der Waals surface area contributed by atoms with Crippen LogP contribution in [0.3, 0.4) is 0 Å². The van der Waals surface area contributed by atoms with Crippen molar-refractivity contribution in [3.05, 3.63) is 34.9 Å². The normalized spacial score (nSPS) is 41.3. The summed E-state index contributed by atoms with van der Waals surface area (Å²) in [7, 11) is 0. The molecule has 5 fully saturated rings. The van der Waals surface area contributed by atoms with Crippen LogP contribution in [-0.4, -0.2) is 5.78 Å². The highest BCUT2D eigenvalue weighted by Crippen LogP contribution is 2.70. The largest absolute Gasteiger partial charge is 0.299 e. The van der Waals surface area contributed by atoms with E-state index < -0.39 is 11.3 Å². The van der Waals surface area contributed by atoms with Crippen molar-refractivity contribution >= 4 is 17.4 Å². The van der Waals surface area contributed by atoms with Gasteiger partial charge in [-0.25, -0.2) is 0 Å². The third-order valence-electron chi connectivity index (χ3n) is 7.63. The molecule has 0 radical (unpaired) electrons. The molecule has 0 aliphatic heterocycles. The Balaban J connectivity index is 1.52. The zero-order chi connectivity index (χ0) is 18.1. The van der Waals surface area contributed by atoms with Crippen LogP contribution < -0.4 is 0 Å². The number of ketones is 1. The number of Topliss-reactive ketones (excluding diaryl/α,β-unsaturated/α-hetero) is 1. The van der Waals surface area contributed by atoms with Crippen LogP contribution in [0.5, 0.6) is 0 Å². The Hall–Kier alpha value is -1.84. The molecule has 0 spiro atoms. The fraction of sp³-hybridized carbons (Fsp3) is 0.591. The van der Waals surface area contributed by atoms with E-state index in [0.29, 0.717) is 22.8 Å². The van der Waals surface area contributed by atoms with E-state index in [4.69, 9.17) is 11.6 Å². The predicted molar refractivity (Wildman–Crippen MR) is 97.0 cm³/mol. The van der Waals surface area contributed by atoms with Gasteiger partial charge in [0.05, 0.1) is 18.1 Å². The molecular weight excluding hydrogens is 344 g/mol. The van der Waals surface area contributed by atoms with Crippen molar-refractivity contribution in [1.29, 1.82) is 10.5 Å². The summed E-state index contributed by atoms with van der Waals surface area (Å²) in [6.07, 6.45) is 6.75. The highest BCUT2D eigenvalue weighted by Gasteiger charge is 2.73. The average Bonchev–Trinajstić information content (AvgIpc) is 3.29. The average molecular weight is 365 g/mol. The number of nitriles is 2. The van der Waals surface area contributed by atoms with Crippen molar-refractivity contribution in [3.8, 4) is 12.1 Å². The van der Waals surface area contributed by atoms with Crippen molar-refractivity contribution in [2.75, 3.05) is 0 Å². The van der Waals surface area contributed by atoms with Gasteiger partial charge in [0.1, 0.15) is 5.78 Å². The van der Waals surface area contributed by atoms with Gasteiger partial charge < -0.3 is 0 Å². The Morgan fingerprint density at radius 1 is 1.04 bits per heavy atom. The van der Waals surface area contributed by atoms with E-state index in [1.165, 1.54) is 19.3 Å². The Morgan fingerprint density at radius 3 is 2.12 bits per heavy atom. The van der Waals surface area contributed by atoms with Gasteiger partial charge in [-0.15, -0.1) is 0 Å². The molecule has 5 saturated carbocycles. The summed E-state index contributed by atoms with van der Waals surface area (Å²) in [4.78, 5) is 13.7. The fourth-order valence-corrected chi connectivity index (χ4v) is 7.15. The first-order valence-electron chi connectivity index (χ1n) is 9.63. The molecule has 132 valence electrons. The Morgan fingerprint density at radius 2 is 1.62 bits per heavy atom. The Kier molecular flexibility index (Phi) is 3.35. The first-order chi connectivity index (χ1) is 12.5. The molecule has 0 heterocycles. The lowest BCUT2D eigenvalue weighted by atomic mass is 9.48. The van der Waals surface area contributed by atoms with Gasteiger partial charge in [0.25, 0.3) is 0 Å².